The number of benzene rings is 1. The topological polar surface area (TPSA) is 50.5 Å². The molecule has 0 radical (unpaired) electrons. The van der Waals surface area contributed by atoms with Crippen molar-refractivity contribution in [2.75, 3.05) is 11.9 Å². The Morgan fingerprint density at radius 1 is 1.18 bits per heavy atom. The lowest BCUT2D eigenvalue weighted by atomic mass is 10.2. The molecule has 28 heavy (non-hydrogen) atoms. The fraction of sp³-hybridized carbons (Fsp3) is 0.0500. The van der Waals surface area contributed by atoms with Crippen LogP contribution in [0, 0.1) is 5.82 Å². The Morgan fingerprint density at radius 2 is 1.96 bits per heavy atom. The fourth-order valence-corrected chi connectivity index (χ4v) is 4.00. The van der Waals surface area contributed by atoms with E-state index in [2.05, 4.69) is 20.9 Å². The molecule has 0 saturated heterocycles. The number of fused-ring (bicyclic) bond motifs is 1. The summed E-state index contributed by atoms with van der Waals surface area (Å²) in [7, 11) is 1.90. The van der Waals surface area contributed by atoms with Crippen molar-refractivity contribution < 1.29 is 9.18 Å². The first-order valence-electron chi connectivity index (χ1n) is 8.31. The van der Waals surface area contributed by atoms with Crippen LogP contribution in [0.15, 0.2) is 58.5 Å². The average molecular weight is 457 g/mol. The number of aldehydes is 1. The molecule has 0 unspecified atom stereocenters. The van der Waals surface area contributed by atoms with Gasteiger partial charge in [0.25, 0.3) is 0 Å². The molecule has 4 aromatic rings. The number of thiazole rings is 1. The van der Waals surface area contributed by atoms with Crippen molar-refractivity contribution in [3.05, 3.63) is 70.0 Å². The average Bonchev–Trinajstić information content (AvgIpc) is 3.31. The summed E-state index contributed by atoms with van der Waals surface area (Å²) in [5, 5.41) is 2.68. The van der Waals surface area contributed by atoms with Crippen LogP contribution in [-0.2, 0) is 4.79 Å². The van der Waals surface area contributed by atoms with Crippen LogP contribution in [0.2, 0.25) is 0 Å². The van der Waals surface area contributed by atoms with E-state index < -0.39 is 0 Å². The molecule has 3 heterocycles. The van der Waals surface area contributed by atoms with Crippen LogP contribution in [0.25, 0.3) is 23.0 Å². The third kappa shape index (κ3) is 3.48. The Hall–Kier alpha value is -2.84. The number of carbonyl (C=O) groups excluding carboxylic acids is 1. The summed E-state index contributed by atoms with van der Waals surface area (Å²) in [6.07, 6.45) is 5.73. The lowest BCUT2D eigenvalue weighted by Crippen LogP contribution is -2.12. The van der Waals surface area contributed by atoms with Gasteiger partial charge in [0.15, 0.2) is 5.13 Å². The molecule has 0 saturated carbocycles. The monoisotopic (exact) mass is 456 g/mol. The van der Waals surface area contributed by atoms with E-state index in [4.69, 9.17) is 4.98 Å². The van der Waals surface area contributed by atoms with E-state index in [9.17, 15) is 9.18 Å². The molecule has 0 fully saturated rings. The third-order valence-electron chi connectivity index (χ3n) is 4.15. The van der Waals surface area contributed by atoms with Crippen LogP contribution in [0.5, 0.6) is 0 Å². The van der Waals surface area contributed by atoms with Crippen LogP contribution in [-0.4, -0.2) is 27.7 Å². The van der Waals surface area contributed by atoms with E-state index >= 15 is 0 Å². The molecular weight excluding hydrogens is 443 g/mol. The van der Waals surface area contributed by atoms with Gasteiger partial charge in [0, 0.05) is 28.7 Å². The minimum Gasteiger partial charge on any atom is -0.305 e. The van der Waals surface area contributed by atoms with Gasteiger partial charge in [-0.25, -0.2) is 14.4 Å². The van der Waals surface area contributed by atoms with Crippen molar-refractivity contribution in [3.8, 4) is 11.3 Å². The highest BCUT2D eigenvalue weighted by atomic mass is 79.9. The Kier molecular flexibility index (Phi) is 5.06. The van der Waals surface area contributed by atoms with E-state index in [1.54, 1.807) is 18.2 Å². The van der Waals surface area contributed by atoms with E-state index in [1.807, 2.05) is 40.1 Å². The molecule has 3 aromatic heterocycles. The maximum absolute atomic E-state index is 13.2. The number of imidazole rings is 1. The molecule has 0 aliphatic heterocycles. The second-order valence-electron chi connectivity index (χ2n) is 5.97. The summed E-state index contributed by atoms with van der Waals surface area (Å²) < 4.78 is 16.0. The minimum atomic E-state index is -0.278. The molecule has 5 nitrogen and oxygen atoms in total. The maximum atomic E-state index is 13.2. The first kappa shape index (κ1) is 18.5. The highest BCUT2D eigenvalue weighted by Crippen LogP contribution is 2.34. The SMILES string of the molecule is CN(c1nc(-c2ccc(F)cc2)cs1)c1c(/C=C/C=O)nc2ccc(Br)cn12. The van der Waals surface area contributed by atoms with Crippen LogP contribution < -0.4 is 4.90 Å². The van der Waals surface area contributed by atoms with Crippen LogP contribution in [0.3, 0.4) is 0 Å². The first-order valence-corrected chi connectivity index (χ1v) is 9.99. The van der Waals surface area contributed by atoms with Crippen LogP contribution in [0.1, 0.15) is 5.69 Å². The van der Waals surface area contributed by atoms with Crippen LogP contribution >= 0.6 is 27.3 Å². The van der Waals surface area contributed by atoms with Gasteiger partial charge in [-0.1, -0.05) is 0 Å². The number of nitrogens with zero attached hydrogens (tertiary/aromatic N) is 4. The van der Waals surface area contributed by atoms with E-state index in [-0.39, 0.29) is 5.82 Å². The van der Waals surface area contributed by atoms with Gasteiger partial charge in [0.05, 0.1) is 5.69 Å². The van der Waals surface area contributed by atoms with Crippen molar-refractivity contribution in [1.29, 1.82) is 0 Å². The minimum absolute atomic E-state index is 0.278. The largest absolute Gasteiger partial charge is 0.305 e. The standard InChI is InChI=1S/C20H14BrFN4OS/c1-25(20-24-17(12-28-20)13-4-7-15(22)8-5-13)19-16(3-2-10-27)23-18-9-6-14(21)11-26(18)19/h2-12H,1H3/b3-2+. The number of allylic oxidation sites excluding steroid dienone is 1. The Bertz CT molecular complexity index is 1180. The number of rotatable bonds is 5. The predicted octanol–water partition coefficient (Wildman–Crippen LogP) is 5.34. The van der Waals surface area contributed by atoms with Crippen molar-refractivity contribution in [2.45, 2.75) is 0 Å². The van der Waals surface area contributed by atoms with Crippen LogP contribution in [0.4, 0.5) is 15.3 Å². The number of hydrogen-bond acceptors (Lipinski definition) is 5. The summed E-state index contributed by atoms with van der Waals surface area (Å²) in [6.45, 7) is 0. The van der Waals surface area contributed by atoms with Gasteiger partial charge in [-0.3, -0.25) is 9.20 Å². The molecule has 0 amide bonds. The summed E-state index contributed by atoms with van der Waals surface area (Å²) in [5.41, 5.74) is 3.03. The highest BCUT2D eigenvalue weighted by molar-refractivity contribution is 9.10. The molecule has 0 aliphatic rings. The summed E-state index contributed by atoms with van der Waals surface area (Å²) >= 11 is 4.96. The number of carbonyl (C=O) groups is 1. The predicted molar refractivity (Wildman–Crippen MR) is 114 cm³/mol. The fourth-order valence-electron chi connectivity index (χ4n) is 2.86. The zero-order valence-electron chi connectivity index (χ0n) is 14.7. The van der Waals surface area contributed by atoms with E-state index in [0.29, 0.717) is 5.69 Å². The van der Waals surface area contributed by atoms with Crippen molar-refractivity contribution in [3.63, 3.8) is 0 Å². The summed E-state index contributed by atoms with van der Waals surface area (Å²) in [5.74, 6) is 0.508. The van der Waals surface area contributed by atoms with Crippen molar-refractivity contribution in [1.82, 2.24) is 14.4 Å². The normalized spacial score (nSPS) is 11.4. The molecule has 0 N–H and O–H groups in total. The number of anilines is 2. The van der Waals surface area contributed by atoms with Gasteiger partial charge in [-0.15, -0.1) is 11.3 Å². The first-order chi connectivity index (χ1) is 13.6. The Morgan fingerprint density at radius 3 is 2.71 bits per heavy atom. The number of hydrogen-bond donors (Lipinski definition) is 0. The van der Waals surface area contributed by atoms with Crippen molar-refractivity contribution >= 4 is 56.2 Å². The third-order valence-corrected chi connectivity index (χ3v) is 5.54. The number of aromatic nitrogens is 3. The highest BCUT2D eigenvalue weighted by Gasteiger charge is 2.19. The molecule has 1 aromatic carbocycles. The lowest BCUT2D eigenvalue weighted by molar-refractivity contribution is -0.104. The quantitative estimate of drug-likeness (QED) is 0.300. The Labute approximate surface area is 172 Å². The lowest BCUT2D eigenvalue weighted by Gasteiger charge is -2.16. The second-order valence-corrected chi connectivity index (χ2v) is 7.72. The molecule has 4 rings (SSSR count). The van der Waals surface area contributed by atoms with Gasteiger partial charge >= 0.3 is 0 Å². The van der Waals surface area contributed by atoms with E-state index in [0.717, 1.165) is 38.6 Å². The van der Waals surface area contributed by atoms with Gasteiger partial charge in [-0.2, -0.15) is 0 Å². The van der Waals surface area contributed by atoms with Gasteiger partial charge < -0.3 is 4.90 Å². The zero-order valence-corrected chi connectivity index (χ0v) is 17.1. The van der Waals surface area contributed by atoms with Gasteiger partial charge in [-0.05, 0) is 64.5 Å². The molecule has 0 bridgehead atoms. The smallest absolute Gasteiger partial charge is 0.191 e. The van der Waals surface area contributed by atoms with Gasteiger partial charge in [0.1, 0.15) is 29.3 Å². The second kappa shape index (κ2) is 7.65. The van der Waals surface area contributed by atoms with Crippen molar-refractivity contribution in [2.24, 2.45) is 0 Å². The molecule has 0 spiro atoms. The molecule has 140 valence electrons. The summed E-state index contributed by atoms with van der Waals surface area (Å²) in [4.78, 5) is 22.0. The number of halogens is 2. The zero-order chi connectivity index (χ0) is 19.7. The summed E-state index contributed by atoms with van der Waals surface area (Å²) in [6, 6.07) is 10.1. The number of pyridine rings is 1. The molecule has 0 aliphatic carbocycles. The molecule has 8 heteroatoms. The molecule has 0 atom stereocenters. The van der Waals surface area contributed by atoms with E-state index in [1.165, 1.54) is 29.5 Å². The maximum Gasteiger partial charge on any atom is 0.191 e. The van der Waals surface area contributed by atoms with Gasteiger partial charge in [0.2, 0.25) is 0 Å². The Balaban J connectivity index is 1.79. The molecular formula is C20H14BrFN4OS.